The second-order valence-corrected chi connectivity index (χ2v) is 3.58. The molecule has 1 unspecified atom stereocenters. The molecule has 0 saturated heterocycles. The van der Waals surface area contributed by atoms with E-state index in [1.165, 1.54) is 12.1 Å². The molecule has 92 valence electrons. The fourth-order valence-electron chi connectivity index (χ4n) is 1.11. The summed E-state index contributed by atoms with van der Waals surface area (Å²) in [4.78, 5) is 0. The maximum atomic E-state index is 10.2. The van der Waals surface area contributed by atoms with Gasteiger partial charge >= 0.3 is 0 Å². The van der Waals surface area contributed by atoms with Crippen molar-refractivity contribution in [2.24, 2.45) is 0 Å². The van der Waals surface area contributed by atoms with Gasteiger partial charge in [0.1, 0.15) is 0 Å². The van der Waals surface area contributed by atoms with Gasteiger partial charge in [-0.15, -0.1) is 12.4 Å². The fraction of sp³-hybridized carbons (Fsp3) is 0.500. The molecule has 0 fully saturated rings. The van der Waals surface area contributed by atoms with E-state index in [1.807, 2.05) is 0 Å². The van der Waals surface area contributed by atoms with Gasteiger partial charge in [-0.3, -0.25) is 0 Å². The molecule has 0 aliphatic heterocycles. The molecule has 0 aliphatic rings. The van der Waals surface area contributed by atoms with E-state index in [4.69, 9.17) is 23.9 Å². The molecule has 0 spiro atoms. The summed E-state index contributed by atoms with van der Waals surface area (Å²) in [5, 5.41) is 12.4. The number of aliphatic hydroxyl groups excluding tert-OH is 1. The lowest BCUT2D eigenvalue weighted by Gasteiger charge is -2.23. The first kappa shape index (κ1) is 6.05. The van der Waals surface area contributed by atoms with Gasteiger partial charge < -0.3 is 10.4 Å². The van der Waals surface area contributed by atoms with Gasteiger partial charge in [-0.1, -0.05) is 29.8 Å². The van der Waals surface area contributed by atoms with Crippen molar-refractivity contribution in [1.29, 1.82) is 0 Å². The van der Waals surface area contributed by atoms with Crippen molar-refractivity contribution in [1.82, 2.24) is 5.32 Å². The average molecular weight is 273 g/mol. The lowest BCUT2D eigenvalue weighted by atomic mass is 10.1. The summed E-state index contributed by atoms with van der Waals surface area (Å²) in [6.07, 6.45) is -1.38. The molecule has 0 radical (unpaired) electrons. The summed E-state index contributed by atoms with van der Waals surface area (Å²) in [6, 6.07) is 6.15. The Morgan fingerprint density at radius 2 is 2.06 bits per heavy atom. The average Bonchev–Trinajstić information content (AvgIpc) is 2.34. The van der Waals surface area contributed by atoms with Gasteiger partial charge in [0.05, 0.1) is 6.10 Å². The minimum Gasteiger partial charge on any atom is -0.387 e. The molecule has 1 aromatic rings. The quantitative estimate of drug-likeness (QED) is 0.886. The van der Waals surface area contributed by atoms with Gasteiger partial charge in [0.2, 0.25) is 0 Å². The highest BCUT2D eigenvalue weighted by atomic mass is 35.5. The number of hydrogen-bond acceptors (Lipinski definition) is 2. The van der Waals surface area contributed by atoms with Crippen LogP contribution in [0.15, 0.2) is 24.3 Å². The molecule has 16 heavy (non-hydrogen) atoms. The van der Waals surface area contributed by atoms with E-state index in [1.54, 1.807) is 12.1 Å². The largest absolute Gasteiger partial charge is 0.387 e. The second kappa shape index (κ2) is 6.45. The summed E-state index contributed by atoms with van der Waals surface area (Å²) in [5.74, 6) is 0. The zero-order valence-corrected chi connectivity index (χ0v) is 9.90. The van der Waals surface area contributed by atoms with Gasteiger partial charge in [-0.2, -0.15) is 0 Å². The molecule has 1 atom stereocenters. The Hall–Kier alpha value is -0.280. The van der Waals surface area contributed by atoms with Gasteiger partial charge in [-0.25, -0.2) is 0 Å². The van der Waals surface area contributed by atoms with Crippen molar-refractivity contribution in [3.8, 4) is 0 Å². The first-order chi connectivity index (χ1) is 10.6. The first-order valence-corrected chi connectivity index (χ1v) is 4.70. The van der Waals surface area contributed by atoms with E-state index < -0.39 is 38.7 Å². The van der Waals surface area contributed by atoms with Crippen LogP contribution >= 0.6 is 24.0 Å². The molecule has 0 saturated carbocycles. The summed E-state index contributed by atoms with van der Waals surface area (Å²) in [6.45, 7) is -10.7. The molecule has 0 aromatic heterocycles. The Morgan fingerprint density at radius 3 is 2.62 bits per heavy atom. The van der Waals surface area contributed by atoms with Crippen LogP contribution in [0, 0.1) is 0 Å². The smallest absolute Gasteiger partial charge is 0.0928 e. The number of rotatable bonds is 3. The predicted octanol–water partition coefficient (Wildman–Crippen LogP) is 3.18. The highest BCUT2D eigenvalue weighted by Crippen LogP contribution is 2.22. The first-order valence-electron chi connectivity index (χ1n) is 8.83. The van der Waals surface area contributed by atoms with Gasteiger partial charge in [0.15, 0.2) is 0 Å². The SMILES string of the molecule is Cl.[2H]C([2H])([2H])C(NCC(O)c1ccccc1Cl)(C([2H])([2H])[2H])C([2H])([2H])[2H]. The molecule has 2 nitrogen and oxygen atoms in total. The molecule has 1 aromatic carbocycles. The Morgan fingerprint density at radius 1 is 1.44 bits per heavy atom. The predicted molar refractivity (Wildman–Crippen MR) is 71.4 cm³/mol. The van der Waals surface area contributed by atoms with Crippen molar-refractivity contribution in [3.63, 3.8) is 0 Å². The van der Waals surface area contributed by atoms with Crippen molar-refractivity contribution in [2.45, 2.75) is 32.2 Å². The number of benzene rings is 1. The van der Waals surface area contributed by atoms with E-state index in [-0.39, 0.29) is 23.0 Å². The lowest BCUT2D eigenvalue weighted by Crippen LogP contribution is -2.38. The summed E-state index contributed by atoms with van der Waals surface area (Å²) in [7, 11) is 0. The van der Waals surface area contributed by atoms with E-state index in [9.17, 15) is 5.11 Å². The molecule has 4 heteroatoms. The Bertz CT molecular complexity index is 535. The second-order valence-electron chi connectivity index (χ2n) is 3.17. The summed E-state index contributed by atoms with van der Waals surface area (Å²) < 4.78 is 67.3. The molecule has 0 bridgehead atoms. The fourth-order valence-corrected chi connectivity index (χ4v) is 1.37. The summed E-state index contributed by atoms with van der Waals surface area (Å²) >= 11 is 5.92. The highest BCUT2D eigenvalue weighted by Gasteiger charge is 2.15. The van der Waals surface area contributed by atoms with Crippen LogP contribution in [-0.4, -0.2) is 17.2 Å². The normalized spacial score (nSPS) is 23.8. The van der Waals surface area contributed by atoms with Crippen LogP contribution in [0.1, 0.15) is 44.6 Å². The minimum atomic E-state index is -3.37. The van der Waals surface area contributed by atoms with Gasteiger partial charge in [-0.05, 0) is 26.6 Å². The number of nitrogens with one attached hydrogen (secondary N) is 1. The van der Waals surface area contributed by atoms with Gasteiger partial charge in [0, 0.05) is 35.0 Å². The number of β-amino-alcohol motifs (C(OH)–C–C–N with tert-alkyl or cyclic N) is 1. The standard InChI is InChI=1S/C12H18ClNO.ClH/c1-12(2,3)14-8-11(15)9-6-4-5-7-10(9)13;/h4-7,11,14-15H,8H2,1-3H3;1H/i1D3,2D3,3D3;. The van der Waals surface area contributed by atoms with Crippen molar-refractivity contribution in [3.05, 3.63) is 34.9 Å². The Kier molecular flexibility index (Phi) is 2.44. The topological polar surface area (TPSA) is 32.3 Å². The van der Waals surface area contributed by atoms with Gasteiger partial charge in [0.25, 0.3) is 0 Å². The van der Waals surface area contributed by atoms with E-state index in [0.717, 1.165) is 0 Å². The van der Waals surface area contributed by atoms with Crippen molar-refractivity contribution < 1.29 is 17.4 Å². The third-order valence-electron chi connectivity index (χ3n) is 1.82. The Balaban J connectivity index is 0.00000576. The highest BCUT2D eigenvalue weighted by molar-refractivity contribution is 6.31. The molecular weight excluding hydrogens is 245 g/mol. The monoisotopic (exact) mass is 272 g/mol. The van der Waals surface area contributed by atoms with Crippen LogP contribution in [0.4, 0.5) is 0 Å². The maximum absolute atomic E-state index is 10.2. The van der Waals surface area contributed by atoms with Crippen LogP contribution in [0.2, 0.25) is 5.02 Å². The maximum Gasteiger partial charge on any atom is 0.0928 e. The molecule has 0 aliphatic carbocycles. The molecular formula is C12H19Cl2NO. The molecule has 0 amide bonds. The van der Waals surface area contributed by atoms with Crippen LogP contribution in [0.5, 0.6) is 0 Å². The Labute approximate surface area is 121 Å². The van der Waals surface area contributed by atoms with E-state index in [0.29, 0.717) is 0 Å². The third-order valence-corrected chi connectivity index (χ3v) is 2.17. The molecule has 1 rings (SSSR count). The summed E-state index contributed by atoms with van der Waals surface area (Å²) in [5.41, 5.74) is -2.96. The number of aliphatic hydroxyl groups is 1. The zero-order valence-electron chi connectivity index (χ0n) is 17.3. The van der Waals surface area contributed by atoms with E-state index in [2.05, 4.69) is 5.32 Å². The third kappa shape index (κ3) is 5.17. The van der Waals surface area contributed by atoms with Crippen LogP contribution in [0.25, 0.3) is 0 Å². The van der Waals surface area contributed by atoms with Crippen LogP contribution in [-0.2, 0) is 0 Å². The molecule has 2 N–H and O–H groups in total. The number of hydrogen-bond donors (Lipinski definition) is 2. The number of halogens is 2. The lowest BCUT2D eigenvalue weighted by molar-refractivity contribution is 0.163. The zero-order chi connectivity index (χ0) is 19.0. The van der Waals surface area contributed by atoms with Crippen LogP contribution in [0.3, 0.4) is 0 Å². The minimum absolute atomic E-state index is 0. The van der Waals surface area contributed by atoms with Crippen LogP contribution < -0.4 is 5.32 Å². The van der Waals surface area contributed by atoms with Crippen molar-refractivity contribution in [2.75, 3.05) is 6.54 Å². The molecule has 0 heterocycles. The van der Waals surface area contributed by atoms with E-state index >= 15 is 0 Å². The van der Waals surface area contributed by atoms with Crippen molar-refractivity contribution >= 4 is 24.0 Å².